The molecule has 4 nitrogen and oxygen atoms in total. The van der Waals surface area contributed by atoms with E-state index in [1.807, 2.05) is 0 Å². The van der Waals surface area contributed by atoms with Crippen molar-refractivity contribution in [3.8, 4) is 0 Å². The molecule has 2 atom stereocenters. The van der Waals surface area contributed by atoms with Gasteiger partial charge in [0.25, 0.3) is 0 Å². The van der Waals surface area contributed by atoms with E-state index in [0.717, 1.165) is 19.4 Å². The molecule has 1 aliphatic rings. The summed E-state index contributed by atoms with van der Waals surface area (Å²) < 4.78 is 4.89. The van der Waals surface area contributed by atoms with Crippen LogP contribution in [0.15, 0.2) is 0 Å². The Hall–Kier alpha value is -0.610. The van der Waals surface area contributed by atoms with Gasteiger partial charge < -0.3 is 15.0 Å². The first-order valence-corrected chi connectivity index (χ1v) is 7.64. The van der Waals surface area contributed by atoms with E-state index in [1.165, 1.54) is 33.0 Å². The fourth-order valence-electron chi connectivity index (χ4n) is 2.78. The molecular formula is C15H30N2O2. The van der Waals surface area contributed by atoms with Gasteiger partial charge in [-0.05, 0) is 51.2 Å². The third-order valence-corrected chi connectivity index (χ3v) is 3.90. The molecule has 1 aliphatic heterocycles. The number of carbonyl (C=O) groups excluding carboxylic acids is 1. The molecule has 1 unspecified atom stereocenters. The third kappa shape index (κ3) is 5.49. The largest absolute Gasteiger partial charge is 0.468 e. The van der Waals surface area contributed by atoms with Crippen molar-refractivity contribution >= 4 is 5.97 Å². The lowest BCUT2D eigenvalue weighted by Crippen LogP contribution is -2.47. The van der Waals surface area contributed by atoms with Gasteiger partial charge in [-0.15, -0.1) is 0 Å². The molecule has 1 rings (SSSR count). The van der Waals surface area contributed by atoms with Crippen molar-refractivity contribution in [2.45, 2.75) is 58.5 Å². The van der Waals surface area contributed by atoms with Crippen LogP contribution < -0.4 is 5.32 Å². The Balaban J connectivity index is 2.48. The van der Waals surface area contributed by atoms with Crippen molar-refractivity contribution in [1.82, 2.24) is 10.2 Å². The molecule has 0 aromatic heterocycles. The van der Waals surface area contributed by atoms with Gasteiger partial charge in [-0.3, -0.25) is 4.79 Å². The van der Waals surface area contributed by atoms with Crippen molar-refractivity contribution < 1.29 is 9.53 Å². The van der Waals surface area contributed by atoms with Gasteiger partial charge in [-0.2, -0.15) is 0 Å². The van der Waals surface area contributed by atoms with Crippen LogP contribution in [0.2, 0.25) is 0 Å². The van der Waals surface area contributed by atoms with Crippen molar-refractivity contribution in [3.63, 3.8) is 0 Å². The van der Waals surface area contributed by atoms with Crippen LogP contribution in [-0.2, 0) is 9.53 Å². The second kappa shape index (κ2) is 8.54. The lowest BCUT2D eigenvalue weighted by molar-refractivity contribution is -0.144. The van der Waals surface area contributed by atoms with Crippen molar-refractivity contribution in [2.75, 3.05) is 26.7 Å². The zero-order chi connectivity index (χ0) is 14.3. The number of hydrogen-bond acceptors (Lipinski definition) is 4. The Bertz CT molecular complexity index is 269. The summed E-state index contributed by atoms with van der Waals surface area (Å²) in [5, 5.41) is 3.51. The topological polar surface area (TPSA) is 41.6 Å². The summed E-state index contributed by atoms with van der Waals surface area (Å²) in [7, 11) is 1.47. The van der Waals surface area contributed by atoms with Crippen LogP contribution in [0.4, 0.5) is 0 Å². The Morgan fingerprint density at radius 2 is 2.11 bits per heavy atom. The minimum atomic E-state index is -0.173. The van der Waals surface area contributed by atoms with Crippen molar-refractivity contribution in [1.29, 1.82) is 0 Å². The van der Waals surface area contributed by atoms with Gasteiger partial charge in [0, 0.05) is 6.04 Å². The monoisotopic (exact) mass is 270 g/mol. The summed E-state index contributed by atoms with van der Waals surface area (Å²) in [4.78, 5) is 14.3. The average molecular weight is 270 g/mol. The van der Waals surface area contributed by atoms with E-state index in [2.05, 4.69) is 31.0 Å². The second-order valence-corrected chi connectivity index (χ2v) is 5.88. The van der Waals surface area contributed by atoms with Gasteiger partial charge in [0.2, 0.25) is 0 Å². The highest BCUT2D eigenvalue weighted by molar-refractivity contribution is 5.75. The molecule has 4 heteroatoms. The number of esters is 1. The summed E-state index contributed by atoms with van der Waals surface area (Å²) in [6.45, 7) is 9.88. The summed E-state index contributed by atoms with van der Waals surface area (Å²) in [6.07, 6.45) is 4.71. The minimum absolute atomic E-state index is 0.135. The highest BCUT2D eigenvalue weighted by Gasteiger charge is 2.26. The molecule has 112 valence electrons. The molecule has 1 N–H and O–H groups in total. The van der Waals surface area contributed by atoms with E-state index in [0.29, 0.717) is 6.04 Å². The van der Waals surface area contributed by atoms with Gasteiger partial charge in [0.1, 0.15) is 6.04 Å². The molecule has 1 fully saturated rings. The van der Waals surface area contributed by atoms with Crippen LogP contribution in [0, 0.1) is 5.92 Å². The maximum absolute atomic E-state index is 11.8. The molecule has 0 aliphatic carbocycles. The van der Waals surface area contributed by atoms with Gasteiger partial charge in [0.15, 0.2) is 0 Å². The Morgan fingerprint density at radius 1 is 1.37 bits per heavy atom. The van der Waals surface area contributed by atoms with E-state index in [1.54, 1.807) is 0 Å². The van der Waals surface area contributed by atoms with E-state index in [-0.39, 0.29) is 17.9 Å². The molecule has 0 radical (unpaired) electrons. The first-order chi connectivity index (χ1) is 9.08. The summed E-state index contributed by atoms with van der Waals surface area (Å²) in [5.41, 5.74) is 0. The fraction of sp³-hybridized carbons (Fsp3) is 0.933. The predicted octanol–water partition coefficient (Wildman–Crippen LogP) is 2.04. The van der Waals surface area contributed by atoms with Gasteiger partial charge in [-0.1, -0.05) is 20.8 Å². The Kier molecular flexibility index (Phi) is 7.39. The summed E-state index contributed by atoms with van der Waals surface area (Å²) >= 11 is 0. The number of ether oxygens (including phenoxy) is 1. The first kappa shape index (κ1) is 16.4. The highest BCUT2D eigenvalue weighted by atomic mass is 16.5. The smallest absolute Gasteiger partial charge is 0.323 e. The molecule has 0 bridgehead atoms. The van der Waals surface area contributed by atoms with E-state index < -0.39 is 0 Å². The molecule has 1 heterocycles. The van der Waals surface area contributed by atoms with Crippen LogP contribution in [-0.4, -0.2) is 49.7 Å². The maximum atomic E-state index is 11.8. The molecular weight excluding hydrogens is 240 g/mol. The number of methoxy groups -OCH3 is 1. The SMILES string of the molecule is CCCN1CCCC(N[C@H](C(=O)OC)C(C)C)CC1. The zero-order valence-corrected chi connectivity index (χ0v) is 12.9. The van der Waals surface area contributed by atoms with Crippen LogP contribution in [0.3, 0.4) is 0 Å². The third-order valence-electron chi connectivity index (χ3n) is 3.90. The molecule has 0 spiro atoms. The number of hydrogen-bond donors (Lipinski definition) is 1. The summed E-state index contributed by atoms with van der Waals surface area (Å²) in [5.74, 6) is 0.132. The molecule has 0 aromatic rings. The molecule has 0 amide bonds. The standard InChI is InChI=1S/C15H30N2O2/c1-5-9-17-10-6-7-13(8-11-17)16-14(12(2)3)15(18)19-4/h12-14,16H,5-11H2,1-4H3/t13?,14-/m0/s1. The molecule has 0 aromatic carbocycles. The molecule has 0 saturated carbocycles. The highest BCUT2D eigenvalue weighted by Crippen LogP contribution is 2.14. The van der Waals surface area contributed by atoms with Crippen molar-refractivity contribution in [3.05, 3.63) is 0 Å². The van der Waals surface area contributed by atoms with Crippen LogP contribution in [0.25, 0.3) is 0 Å². The number of rotatable bonds is 6. The van der Waals surface area contributed by atoms with E-state index in [9.17, 15) is 4.79 Å². The maximum Gasteiger partial charge on any atom is 0.323 e. The Labute approximate surface area is 117 Å². The lowest BCUT2D eigenvalue weighted by Gasteiger charge is -2.26. The minimum Gasteiger partial charge on any atom is -0.468 e. The first-order valence-electron chi connectivity index (χ1n) is 7.64. The number of likely N-dealkylation sites (tertiary alicyclic amines) is 1. The van der Waals surface area contributed by atoms with Crippen LogP contribution in [0.1, 0.15) is 46.5 Å². The van der Waals surface area contributed by atoms with Gasteiger partial charge >= 0.3 is 5.97 Å². The number of nitrogens with one attached hydrogen (secondary N) is 1. The van der Waals surface area contributed by atoms with Gasteiger partial charge in [0.05, 0.1) is 7.11 Å². The fourth-order valence-corrected chi connectivity index (χ4v) is 2.78. The zero-order valence-electron chi connectivity index (χ0n) is 12.9. The lowest BCUT2D eigenvalue weighted by atomic mass is 10.0. The van der Waals surface area contributed by atoms with Gasteiger partial charge in [-0.25, -0.2) is 0 Å². The number of nitrogens with zero attached hydrogens (tertiary/aromatic N) is 1. The normalized spacial score (nSPS) is 23.1. The van der Waals surface area contributed by atoms with E-state index in [4.69, 9.17) is 4.74 Å². The quantitative estimate of drug-likeness (QED) is 0.750. The average Bonchev–Trinajstić information content (AvgIpc) is 2.61. The number of carbonyl (C=O) groups is 1. The summed E-state index contributed by atoms with van der Waals surface area (Å²) in [6, 6.07) is 0.265. The second-order valence-electron chi connectivity index (χ2n) is 5.88. The molecule has 19 heavy (non-hydrogen) atoms. The Morgan fingerprint density at radius 3 is 2.68 bits per heavy atom. The van der Waals surface area contributed by atoms with Crippen LogP contribution in [0.5, 0.6) is 0 Å². The predicted molar refractivity (Wildman–Crippen MR) is 78.1 cm³/mol. The van der Waals surface area contributed by atoms with E-state index >= 15 is 0 Å². The molecule has 1 saturated heterocycles. The van der Waals surface area contributed by atoms with Crippen molar-refractivity contribution in [2.24, 2.45) is 5.92 Å². The van der Waals surface area contributed by atoms with Crippen LogP contribution >= 0.6 is 0 Å².